The summed E-state index contributed by atoms with van der Waals surface area (Å²) in [6, 6.07) is 0. The Morgan fingerprint density at radius 1 is 1.67 bits per heavy atom. The Kier molecular flexibility index (Phi) is 4.48. The SMILES string of the molecule is C=CC1(CO)CC(F)C(CCC=CC)O1. The summed E-state index contributed by atoms with van der Waals surface area (Å²) in [7, 11) is 0. The maximum absolute atomic E-state index is 13.6. The number of aliphatic hydroxyl groups excluding tert-OH is 1. The molecule has 0 aromatic heterocycles. The van der Waals surface area contributed by atoms with Gasteiger partial charge in [0.1, 0.15) is 11.8 Å². The minimum Gasteiger partial charge on any atom is -0.393 e. The highest BCUT2D eigenvalue weighted by atomic mass is 19.1. The molecule has 3 heteroatoms. The van der Waals surface area contributed by atoms with Crippen LogP contribution in [0.5, 0.6) is 0 Å². The second-order valence-electron chi connectivity index (χ2n) is 3.95. The highest BCUT2D eigenvalue weighted by Gasteiger charge is 2.44. The molecule has 1 heterocycles. The number of ether oxygens (including phenoxy) is 1. The first-order valence-corrected chi connectivity index (χ1v) is 5.35. The smallest absolute Gasteiger partial charge is 0.129 e. The van der Waals surface area contributed by atoms with Crippen LogP contribution in [0.25, 0.3) is 0 Å². The van der Waals surface area contributed by atoms with Gasteiger partial charge in [0.2, 0.25) is 0 Å². The van der Waals surface area contributed by atoms with Crippen molar-refractivity contribution in [2.24, 2.45) is 0 Å². The summed E-state index contributed by atoms with van der Waals surface area (Å²) in [5.74, 6) is 0. The maximum Gasteiger partial charge on any atom is 0.129 e. The Morgan fingerprint density at radius 3 is 2.87 bits per heavy atom. The van der Waals surface area contributed by atoms with Crippen molar-refractivity contribution < 1.29 is 14.2 Å². The molecule has 1 saturated heterocycles. The van der Waals surface area contributed by atoms with Gasteiger partial charge in [-0.15, -0.1) is 6.58 Å². The van der Waals surface area contributed by atoms with E-state index in [-0.39, 0.29) is 13.0 Å². The molecule has 0 aliphatic carbocycles. The van der Waals surface area contributed by atoms with Crippen molar-refractivity contribution in [3.8, 4) is 0 Å². The van der Waals surface area contributed by atoms with E-state index in [1.807, 2.05) is 19.1 Å². The van der Waals surface area contributed by atoms with Gasteiger partial charge in [0, 0.05) is 6.42 Å². The molecule has 0 radical (unpaired) electrons. The summed E-state index contributed by atoms with van der Waals surface area (Å²) in [6.45, 7) is 5.32. The standard InChI is InChI=1S/C12H19FO2/c1-3-5-6-7-11-10(13)8-12(4-2,9-14)15-11/h3-5,10-11,14H,2,6-9H2,1H3. The van der Waals surface area contributed by atoms with Gasteiger partial charge in [-0.05, 0) is 19.8 Å². The zero-order valence-electron chi connectivity index (χ0n) is 9.16. The first kappa shape index (κ1) is 12.4. The molecule has 1 N–H and O–H groups in total. The molecule has 1 fully saturated rings. The first-order chi connectivity index (χ1) is 7.17. The monoisotopic (exact) mass is 214 g/mol. The highest BCUT2D eigenvalue weighted by molar-refractivity contribution is 5.05. The van der Waals surface area contributed by atoms with E-state index in [1.165, 1.54) is 6.08 Å². The fourth-order valence-corrected chi connectivity index (χ4v) is 1.85. The molecule has 0 bridgehead atoms. The number of alkyl halides is 1. The van der Waals surface area contributed by atoms with Crippen molar-refractivity contribution in [3.05, 3.63) is 24.8 Å². The molecule has 1 aliphatic heterocycles. The van der Waals surface area contributed by atoms with Crippen LogP contribution in [-0.4, -0.2) is 29.6 Å². The lowest BCUT2D eigenvalue weighted by Gasteiger charge is -2.22. The molecule has 15 heavy (non-hydrogen) atoms. The Bertz CT molecular complexity index is 240. The lowest BCUT2D eigenvalue weighted by atomic mass is 9.99. The van der Waals surface area contributed by atoms with E-state index in [0.717, 1.165) is 6.42 Å². The fourth-order valence-electron chi connectivity index (χ4n) is 1.85. The third kappa shape index (κ3) is 2.89. The summed E-state index contributed by atoms with van der Waals surface area (Å²) in [5, 5.41) is 9.15. The van der Waals surface area contributed by atoms with Crippen LogP contribution in [0.15, 0.2) is 24.8 Å². The summed E-state index contributed by atoms with van der Waals surface area (Å²) in [6.07, 6.45) is 5.70. The van der Waals surface area contributed by atoms with Gasteiger partial charge in [0.25, 0.3) is 0 Å². The van der Waals surface area contributed by atoms with Crippen molar-refractivity contribution in [1.29, 1.82) is 0 Å². The molecule has 2 nitrogen and oxygen atoms in total. The van der Waals surface area contributed by atoms with Crippen molar-refractivity contribution >= 4 is 0 Å². The molecule has 1 aliphatic rings. The molecule has 0 amide bonds. The summed E-state index contributed by atoms with van der Waals surface area (Å²) >= 11 is 0. The Balaban J connectivity index is 2.51. The Morgan fingerprint density at radius 2 is 2.40 bits per heavy atom. The molecule has 3 atom stereocenters. The molecule has 0 aromatic rings. The summed E-state index contributed by atoms with van der Waals surface area (Å²) in [5.41, 5.74) is -0.861. The third-order valence-corrected chi connectivity index (χ3v) is 2.82. The average molecular weight is 214 g/mol. The molecule has 0 saturated carbocycles. The van der Waals surface area contributed by atoms with Gasteiger partial charge < -0.3 is 9.84 Å². The predicted molar refractivity (Wildman–Crippen MR) is 58.4 cm³/mol. The van der Waals surface area contributed by atoms with Crippen LogP contribution in [0.4, 0.5) is 4.39 Å². The van der Waals surface area contributed by atoms with E-state index in [2.05, 4.69) is 6.58 Å². The summed E-state index contributed by atoms with van der Waals surface area (Å²) in [4.78, 5) is 0. The van der Waals surface area contributed by atoms with E-state index in [1.54, 1.807) is 0 Å². The third-order valence-electron chi connectivity index (χ3n) is 2.82. The van der Waals surface area contributed by atoms with E-state index in [0.29, 0.717) is 6.42 Å². The number of hydrogen-bond donors (Lipinski definition) is 1. The topological polar surface area (TPSA) is 29.5 Å². The lowest BCUT2D eigenvalue weighted by molar-refractivity contribution is -0.0479. The number of aliphatic hydroxyl groups is 1. The molecule has 86 valence electrons. The van der Waals surface area contributed by atoms with Crippen LogP contribution in [-0.2, 0) is 4.74 Å². The number of halogens is 1. The molecule has 0 aromatic carbocycles. The van der Waals surface area contributed by atoms with Gasteiger partial charge in [-0.1, -0.05) is 18.2 Å². The van der Waals surface area contributed by atoms with E-state index >= 15 is 0 Å². The van der Waals surface area contributed by atoms with Gasteiger partial charge >= 0.3 is 0 Å². The lowest BCUT2D eigenvalue weighted by Crippen LogP contribution is -2.30. The van der Waals surface area contributed by atoms with Crippen molar-refractivity contribution in [2.75, 3.05) is 6.61 Å². The molecular weight excluding hydrogens is 195 g/mol. The largest absolute Gasteiger partial charge is 0.393 e. The predicted octanol–water partition coefficient (Wildman–Crippen LogP) is 2.39. The zero-order valence-corrected chi connectivity index (χ0v) is 9.16. The second-order valence-corrected chi connectivity index (χ2v) is 3.95. The van der Waals surface area contributed by atoms with E-state index < -0.39 is 17.9 Å². The fraction of sp³-hybridized carbons (Fsp3) is 0.667. The molecule has 3 unspecified atom stereocenters. The number of rotatable bonds is 5. The molecule has 0 spiro atoms. The van der Waals surface area contributed by atoms with Crippen LogP contribution < -0.4 is 0 Å². The number of hydrogen-bond acceptors (Lipinski definition) is 2. The van der Waals surface area contributed by atoms with Gasteiger partial charge in [0.05, 0.1) is 12.7 Å². The minimum atomic E-state index is -1.000. The van der Waals surface area contributed by atoms with Crippen LogP contribution in [0.3, 0.4) is 0 Å². The van der Waals surface area contributed by atoms with Crippen LogP contribution in [0, 0.1) is 0 Å². The van der Waals surface area contributed by atoms with Gasteiger partial charge in [0.15, 0.2) is 0 Å². The van der Waals surface area contributed by atoms with Crippen molar-refractivity contribution in [3.63, 3.8) is 0 Å². The highest BCUT2D eigenvalue weighted by Crippen LogP contribution is 2.35. The van der Waals surface area contributed by atoms with Gasteiger partial charge in [-0.2, -0.15) is 0 Å². The second kappa shape index (κ2) is 5.42. The van der Waals surface area contributed by atoms with E-state index in [4.69, 9.17) is 9.84 Å². The van der Waals surface area contributed by atoms with Crippen molar-refractivity contribution in [2.45, 2.75) is 44.1 Å². The number of allylic oxidation sites excluding steroid dienone is 2. The maximum atomic E-state index is 13.6. The Labute approximate surface area is 90.4 Å². The van der Waals surface area contributed by atoms with E-state index in [9.17, 15) is 4.39 Å². The van der Waals surface area contributed by atoms with Gasteiger partial charge in [-0.3, -0.25) is 0 Å². The normalized spacial score (nSPS) is 36.2. The minimum absolute atomic E-state index is 0.197. The Hall–Kier alpha value is -0.670. The van der Waals surface area contributed by atoms with Crippen LogP contribution in [0.2, 0.25) is 0 Å². The molecule has 1 rings (SSSR count). The zero-order chi connectivity index (χ0) is 11.3. The summed E-state index contributed by atoms with van der Waals surface area (Å²) < 4.78 is 19.1. The van der Waals surface area contributed by atoms with Crippen molar-refractivity contribution in [1.82, 2.24) is 0 Å². The quantitative estimate of drug-likeness (QED) is 0.712. The molecular formula is C12H19FO2. The first-order valence-electron chi connectivity index (χ1n) is 5.35. The van der Waals surface area contributed by atoms with Crippen LogP contribution >= 0.6 is 0 Å². The van der Waals surface area contributed by atoms with Crippen LogP contribution in [0.1, 0.15) is 26.2 Å². The van der Waals surface area contributed by atoms with Gasteiger partial charge in [-0.25, -0.2) is 4.39 Å². The average Bonchev–Trinajstić information content (AvgIpc) is 2.57.